The van der Waals surface area contributed by atoms with Gasteiger partial charge in [0.1, 0.15) is 17.6 Å². The Kier molecular flexibility index (Phi) is 8.03. The molecular formula is C27H31N5O7S. The molecule has 1 saturated carbocycles. The van der Waals surface area contributed by atoms with Crippen LogP contribution in [-0.4, -0.2) is 58.7 Å². The first kappa shape index (κ1) is 27.6. The predicted molar refractivity (Wildman–Crippen MR) is 146 cm³/mol. The zero-order valence-electron chi connectivity index (χ0n) is 21.7. The smallest absolute Gasteiger partial charge is 0.322 e. The number of aromatic nitrogens is 2. The van der Waals surface area contributed by atoms with E-state index in [1.54, 1.807) is 18.2 Å². The largest absolute Gasteiger partial charge is 0.480 e. The Hall–Kier alpha value is -3.97. The topological polar surface area (TPSA) is 180 Å². The van der Waals surface area contributed by atoms with Crippen molar-refractivity contribution in [1.29, 1.82) is 0 Å². The van der Waals surface area contributed by atoms with Gasteiger partial charge in [-0.3, -0.25) is 14.4 Å². The molecule has 1 aliphatic heterocycles. The van der Waals surface area contributed by atoms with Crippen molar-refractivity contribution < 1.29 is 32.6 Å². The number of hydrogen-bond donors (Lipinski definition) is 5. The molecule has 1 aromatic heterocycles. The van der Waals surface area contributed by atoms with Gasteiger partial charge in [0, 0.05) is 0 Å². The molecule has 212 valence electrons. The van der Waals surface area contributed by atoms with Gasteiger partial charge in [-0.15, -0.1) is 0 Å². The molecule has 13 heteroatoms. The van der Waals surface area contributed by atoms with Crippen LogP contribution in [0.1, 0.15) is 49.9 Å². The molecule has 1 aliphatic carbocycles. The molecule has 40 heavy (non-hydrogen) atoms. The Balaban J connectivity index is 1.18. The van der Waals surface area contributed by atoms with Gasteiger partial charge in [-0.25, -0.2) is 18.1 Å². The van der Waals surface area contributed by atoms with E-state index in [1.807, 2.05) is 24.3 Å². The van der Waals surface area contributed by atoms with Gasteiger partial charge >= 0.3 is 5.97 Å². The summed E-state index contributed by atoms with van der Waals surface area (Å²) in [6.07, 6.45) is 2.24. The summed E-state index contributed by atoms with van der Waals surface area (Å²) in [7, 11) is -3.79. The van der Waals surface area contributed by atoms with Crippen molar-refractivity contribution in [3.63, 3.8) is 0 Å². The molecule has 0 bridgehead atoms. The molecule has 5 N–H and O–H groups in total. The third-order valence-corrected chi connectivity index (χ3v) is 9.12. The molecule has 2 atom stereocenters. The summed E-state index contributed by atoms with van der Waals surface area (Å²) in [4.78, 5) is 44.6. The van der Waals surface area contributed by atoms with Gasteiger partial charge in [0.25, 0.3) is 5.91 Å². The number of anilines is 1. The van der Waals surface area contributed by atoms with Crippen molar-refractivity contribution in [3.8, 4) is 5.75 Å². The van der Waals surface area contributed by atoms with Crippen molar-refractivity contribution in [2.45, 2.75) is 68.9 Å². The lowest BCUT2D eigenvalue weighted by Gasteiger charge is -2.26. The fraction of sp³-hybridized carbons (Fsp3) is 0.407. The second-order valence-corrected chi connectivity index (χ2v) is 12.1. The maximum absolute atomic E-state index is 12.8. The van der Waals surface area contributed by atoms with Crippen LogP contribution < -0.4 is 20.1 Å². The monoisotopic (exact) mass is 569 g/mol. The Morgan fingerprint density at radius 2 is 1.90 bits per heavy atom. The van der Waals surface area contributed by atoms with Crippen LogP contribution >= 0.6 is 0 Å². The van der Waals surface area contributed by atoms with Crippen LogP contribution in [-0.2, 0) is 37.4 Å². The van der Waals surface area contributed by atoms with Crippen molar-refractivity contribution in [3.05, 3.63) is 53.9 Å². The first-order valence-electron chi connectivity index (χ1n) is 13.2. The Labute approximate surface area is 230 Å². The maximum atomic E-state index is 12.8. The number of benzene rings is 2. The van der Waals surface area contributed by atoms with Crippen LogP contribution in [0.4, 0.5) is 5.69 Å². The first-order valence-corrected chi connectivity index (χ1v) is 14.8. The number of para-hydroxylation sites is 2. The van der Waals surface area contributed by atoms with E-state index in [4.69, 9.17) is 4.74 Å². The number of H-pyrrole nitrogens is 1. The fourth-order valence-corrected chi connectivity index (χ4v) is 6.78. The molecular weight excluding hydrogens is 538 g/mol. The summed E-state index contributed by atoms with van der Waals surface area (Å²) < 4.78 is 33.7. The van der Waals surface area contributed by atoms with Gasteiger partial charge in [0.2, 0.25) is 15.9 Å². The standard InChI is InChI=1S/C27H31N5O7S/c33-25(28-15-24-29-18-8-4-5-9-19(18)30-24)14-23-26(34)31-20-12-16(10-11-22(20)39-23)13-21(27(35)36)32-40(37,38)17-6-2-1-3-7-17/h4-5,8-12,17,21,23,32H,1-3,6-7,13-15H2,(H,28,33)(H,29,30)(H,31,34)(H,35,36)/t21-,23?/m0/s1. The lowest BCUT2D eigenvalue weighted by molar-refractivity contribution is -0.139. The van der Waals surface area contributed by atoms with E-state index in [1.165, 1.54) is 0 Å². The number of nitrogens with zero attached hydrogens (tertiary/aromatic N) is 1. The Morgan fingerprint density at radius 1 is 1.12 bits per heavy atom. The van der Waals surface area contributed by atoms with Gasteiger partial charge in [-0.1, -0.05) is 37.5 Å². The summed E-state index contributed by atoms with van der Waals surface area (Å²) in [6, 6.07) is 10.9. The number of fused-ring (bicyclic) bond motifs is 2. The summed E-state index contributed by atoms with van der Waals surface area (Å²) in [5.74, 6) is -1.28. The van der Waals surface area contributed by atoms with Crippen LogP contribution in [0.15, 0.2) is 42.5 Å². The van der Waals surface area contributed by atoms with Crippen LogP contribution in [0.2, 0.25) is 0 Å². The summed E-state index contributed by atoms with van der Waals surface area (Å²) in [5, 5.41) is 14.5. The molecule has 0 saturated heterocycles. The average molecular weight is 570 g/mol. The number of rotatable bonds is 10. The molecule has 3 aromatic rings. The summed E-state index contributed by atoms with van der Waals surface area (Å²) in [5.41, 5.74) is 2.46. The second-order valence-electron chi connectivity index (χ2n) is 10.1. The third kappa shape index (κ3) is 6.42. The van der Waals surface area contributed by atoms with Crippen LogP contribution in [0.5, 0.6) is 5.75 Å². The minimum atomic E-state index is -3.79. The Morgan fingerprint density at radius 3 is 2.65 bits per heavy atom. The Bertz CT molecular complexity index is 1500. The van der Waals surface area contributed by atoms with Gasteiger partial charge in [-0.05, 0) is 49.1 Å². The quantitative estimate of drug-likeness (QED) is 0.246. The van der Waals surface area contributed by atoms with Crippen molar-refractivity contribution in [2.24, 2.45) is 0 Å². The third-order valence-electron chi connectivity index (χ3n) is 7.16. The number of carboxylic acid groups (broad SMARTS) is 1. The molecule has 5 rings (SSSR count). The number of imidazole rings is 1. The number of nitrogens with one attached hydrogen (secondary N) is 4. The van der Waals surface area contributed by atoms with E-state index in [2.05, 4.69) is 25.3 Å². The van der Waals surface area contributed by atoms with E-state index >= 15 is 0 Å². The molecule has 2 heterocycles. The van der Waals surface area contributed by atoms with E-state index in [-0.39, 0.29) is 19.4 Å². The molecule has 0 spiro atoms. The zero-order valence-corrected chi connectivity index (χ0v) is 22.5. The van der Waals surface area contributed by atoms with E-state index < -0.39 is 45.2 Å². The van der Waals surface area contributed by atoms with Gasteiger partial charge in [0.05, 0.1) is 34.9 Å². The molecule has 2 amide bonds. The molecule has 1 fully saturated rings. The number of carbonyl (C=O) groups is 3. The lowest BCUT2D eigenvalue weighted by Crippen LogP contribution is -2.46. The minimum absolute atomic E-state index is 0.113. The van der Waals surface area contributed by atoms with Gasteiger partial charge < -0.3 is 25.5 Å². The minimum Gasteiger partial charge on any atom is -0.480 e. The number of sulfonamides is 1. The molecule has 0 radical (unpaired) electrons. The molecule has 1 unspecified atom stereocenters. The zero-order chi connectivity index (χ0) is 28.3. The van der Waals surface area contributed by atoms with Crippen molar-refractivity contribution in [1.82, 2.24) is 20.0 Å². The van der Waals surface area contributed by atoms with Crippen molar-refractivity contribution in [2.75, 3.05) is 5.32 Å². The number of aromatic amines is 1. The highest BCUT2D eigenvalue weighted by molar-refractivity contribution is 7.90. The number of carbonyl (C=O) groups excluding carboxylic acids is 2. The normalized spacial score (nSPS) is 18.4. The number of carboxylic acids is 1. The highest BCUT2D eigenvalue weighted by atomic mass is 32.2. The average Bonchev–Trinajstić information content (AvgIpc) is 3.35. The van der Waals surface area contributed by atoms with E-state index in [9.17, 15) is 27.9 Å². The van der Waals surface area contributed by atoms with E-state index in [0.29, 0.717) is 35.7 Å². The number of aliphatic carboxylic acids is 1. The SMILES string of the molecule is O=C(CC1Oc2ccc(C[C@H](NS(=O)(=O)C3CCCCC3)C(=O)O)cc2NC1=O)NCc1nc2ccccc2[nH]1. The maximum Gasteiger partial charge on any atom is 0.322 e. The van der Waals surface area contributed by atoms with Crippen LogP contribution in [0, 0.1) is 0 Å². The molecule has 2 aliphatic rings. The lowest BCUT2D eigenvalue weighted by atomic mass is 10.0. The second kappa shape index (κ2) is 11.6. The van der Waals surface area contributed by atoms with E-state index in [0.717, 1.165) is 30.3 Å². The highest BCUT2D eigenvalue weighted by Crippen LogP contribution is 2.32. The van der Waals surface area contributed by atoms with Crippen LogP contribution in [0.3, 0.4) is 0 Å². The molecule has 2 aromatic carbocycles. The van der Waals surface area contributed by atoms with Gasteiger partial charge in [-0.2, -0.15) is 0 Å². The fourth-order valence-electron chi connectivity index (χ4n) is 5.06. The summed E-state index contributed by atoms with van der Waals surface area (Å²) in [6.45, 7) is 0.164. The predicted octanol–water partition coefficient (Wildman–Crippen LogP) is 2.22. The molecule has 12 nitrogen and oxygen atoms in total. The van der Waals surface area contributed by atoms with Crippen molar-refractivity contribution >= 4 is 44.5 Å². The van der Waals surface area contributed by atoms with Crippen LogP contribution in [0.25, 0.3) is 11.0 Å². The summed E-state index contributed by atoms with van der Waals surface area (Å²) >= 11 is 0. The highest BCUT2D eigenvalue weighted by Gasteiger charge is 2.33. The first-order chi connectivity index (χ1) is 19.2. The number of amides is 2. The number of hydrogen-bond acceptors (Lipinski definition) is 7. The number of ether oxygens (including phenoxy) is 1. The van der Waals surface area contributed by atoms with Gasteiger partial charge in [0.15, 0.2) is 6.10 Å².